The summed E-state index contributed by atoms with van der Waals surface area (Å²) in [5, 5.41) is 2.82. The van der Waals surface area contributed by atoms with Crippen molar-refractivity contribution < 1.29 is 18.7 Å². The topological polar surface area (TPSA) is 55.4 Å². The number of ether oxygens (including phenoxy) is 1. The maximum atomic E-state index is 13.3. The highest BCUT2D eigenvalue weighted by Gasteiger charge is 2.34. The first kappa shape index (κ1) is 22.0. The van der Waals surface area contributed by atoms with Crippen molar-refractivity contribution in [3.8, 4) is 0 Å². The molecule has 0 bridgehead atoms. The van der Waals surface area contributed by atoms with Gasteiger partial charge in [-0.15, -0.1) is 0 Å². The Kier molecular flexibility index (Phi) is 6.93. The van der Waals surface area contributed by atoms with Gasteiger partial charge in [-0.1, -0.05) is 53.1 Å². The zero-order valence-electron chi connectivity index (χ0n) is 17.2. The number of benzene rings is 2. The Bertz CT molecular complexity index is 968. The SMILES string of the molecule is CCOC(=O)[C@H](c1cc(C)cc(C)c1)[C@@H]1C=C[C@H](NC(=O)c2ccc(F)c(Cl)c2)C1. The molecule has 4 nitrogen and oxygen atoms in total. The molecule has 0 aromatic heterocycles. The van der Waals surface area contributed by atoms with E-state index in [4.69, 9.17) is 16.3 Å². The minimum atomic E-state index is -0.570. The van der Waals surface area contributed by atoms with E-state index >= 15 is 0 Å². The highest BCUT2D eigenvalue weighted by Crippen LogP contribution is 2.35. The third kappa shape index (κ3) is 5.08. The van der Waals surface area contributed by atoms with Crippen molar-refractivity contribution in [1.29, 1.82) is 0 Å². The maximum Gasteiger partial charge on any atom is 0.314 e. The van der Waals surface area contributed by atoms with Crippen molar-refractivity contribution in [3.63, 3.8) is 0 Å². The molecule has 1 aliphatic carbocycles. The summed E-state index contributed by atoms with van der Waals surface area (Å²) in [6.45, 7) is 6.10. The number of aryl methyl sites for hydroxylation is 2. The van der Waals surface area contributed by atoms with Gasteiger partial charge in [-0.3, -0.25) is 9.59 Å². The van der Waals surface area contributed by atoms with Gasteiger partial charge in [0, 0.05) is 11.6 Å². The molecule has 0 aliphatic heterocycles. The number of hydrogen-bond acceptors (Lipinski definition) is 3. The van der Waals surface area contributed by atoms with Gasteiger partial charge in [0.05, 0.1) is 17.5 Å². The molecule has 1 amide bonds. The first-order valence-electron chi connectivity index (χ1n) is 9.97. The summed E-state index contributed by atoms with van der Waals surface area (Å²) in [5.41, 5.74) is 3.37. The Morgan fingerprint density at radius 1 is 1.17 bits per heavy atom. The quantitative estimate of drug-likeness (QED) is 0.512. The number of allylic oxidation sites excluding steroid dienone is 1. The minimum Gasteiger partial charge on any atom is -0.466 e. The van der Waals surface area contributed by atoms with Crippen molar-refractivity contribution in [2.75, 3.05) is 6.61 Å². The molecule has 0 fully saturated rings. The molecule has 0 heterocycles. The van der Waals surface area contributed by atoms with Crippen LogP contribution in [0.1, 0.15) is 46.3 Å². The molecule has 30 heavy (non-hydrogen) atoms. The van der Waals surface area contributed by atoms with Crippen molar-refractivity contribution in [2.24, 2.45) is 5.92 Å². The van der Waals surface area contributed by atoms with Gasteiger partial charge in [0.15, 0.2) is 0 Å². The first-order valence-corrected chi connectivity index (χ1v) is 10.4. The monoisotopic (exact) mass is 429 g/mol. The summed E-state index contributed by atoms with van der Waals surface area (Å²) < 4.78 is 18.7. The fraction of sp³-hybridized carbons (Fsp3) is 0.333. The van der Waals surface area contributed by atoms with Gasteiger partial charge in [-0.05, 0) is 56.9 Å². The molecule has 3 atom stereocenters. The Labute approximate surface area is 181 Å². The number of rotatable bonds is 6. The molecular weight excluding hydrogens is 405 g/mol. The van der Waals surface area contributed by atoms with E-state index in [9.17, 15) is 14.0 Å². The molecule has 158 valence electrons. The fourth-order valence-electron chi connectivity index (χ4n) is 3.95. The Hall–Kier alpha value is -2.66. The third-order valence-corrected chi connectivity index (χ3v) is 5.48. The fourth-order valence-corrected chi connectivity index (χ4v) is 4.13. The van der Waals surface area contributed by atoms with E-state index in [0.29, 0.717) is 13.0 Å². The third-order valence-electron chi connectivity index (χ3n) is 5.19. The van der Waals surface area contributed by atoms with Gasteiger partial charge in [0.25, 0.3) is 5.91 Å². The van der Waals surface area contributed by atoms with Crippen LogP contribution in [-0.4, -0.2) is 24.5 Å². The number of amides is 1. The van der Waals surface area contributed by atoms with Crippen LogP contribution in [0.2, 0.25) is 5.02 Å². The number of halogens is 2. The lowest BCUT2D eigenvalue weighted by molar-refractivity contribution is -0.146. The molecule has 0 unspecified atom stereocenters. The number of hydrogen-bond donors (Lipinski definition) is 1. The van der Waals surface area contributed by atoms with Crippen molar-refractivity contribution in [2.45, 2.75) is 39.2 Å². The first-order chi connectivity index (χ1) is 14.3. The molecule has 1 N–H and O–H groups in total. The van der Waals surface area contributed by atoms with Crippen LogP contribution >= 0.6 is 11.6 Å². The van der Waals surface area contributed by atoms with Crippen LogP contribution in [0.4, 0.5) is 4.39 Å². The average Bonchev–Trinajstić information content (AvgIpc) is 3.11. The minimum absolute atomic E-state index is 0.0975. The lowest BCUT2D eigenvalue weighted by atomic mass is 9.84. The predicted octanol–water partition coefficient (Wildman–Crippen LogP) is 5.12. The molecule has 6 heteroatoms. The Morgan fingerprint density at radius 2 is 1.87 bits per heavy atom. The normalized spacial score (nSPS) is 18.8. The summed E-state index contributed by atoms with van der Waals surface area (Å²) in [5.74, 6) is -1.73. The summed E-state index contributed by atoms with van der Waals surface area (Å²) in [4.78, 5) is 25.3. The summed E-state index contributed by atoms with van der Waals surface area (Å²) in [6.07, 6.45) is 4.42. The van der Waals surface area contributed by atoms with Crippen LogP contribution in [0, 0.1) is 25.6 Å². The second-order valence-corrected chi connectivity index (χ2v) is 8.05. The largest absolute Gasteiger partial charge is 0.466 e. The highest BCUT2D eigenvalue weighted by atomic mass is 35.5. The molecular formula is C24H25ClFNO3. The lowest BCUT2D eigenvalue weighted by Crippen LogP contribution is -2.34. The molecule has 2 aromatic carbocycles. The predicted molar refractivity (Wildman–Crippen MR) is 115 cm³/mol. The second-order valence-electron chi connectivity index (χ2n) is 7.64. The van der Waals surface area contributed by atoms with E-state index in [2.05, 4.69) is 11.4 Å². The van der Waals surface area contributed by atoms with Crippen molar-refractivity contribution in [3.05, 3.63) is 81.6 Å². The zero-order valence-corrected chi connectivity index (χ0v) is 18.0. The van der Waals surface area contributed by atoms with E-state index in [0.717, 1.165) is 16.7 Å². The van der Waals surface area contributed by atoms with Crippen molar-refractivity contribution in [1.82, 2.24) is 5.32 Å². The number of nitrogens with one attached hydrogen (secondary N) is 1. The van der Waals surface area contributed by atoms with Gasteiger partial charge in [0.1, 0.15) is 5.82 Å². The van der Waals surface area contributed by atoms with Gasteiger partial charge in [-0.2, -0.15) is 0 Å². The van der Waals surface area contributed by atoms with Gasteiger partial charge >= 0.3 is 5.97 Å². The Morgan fingerprint density at radius 3 is 2.50 bits per heavy atom. The van der Waals surface area contributed by atoms with Crippen LogP contribution in [0.25, 0.3) is 0 Å². The van der Waals surface area contributed by atoms with Crippen LogP contribution in [0.5, 0.6) is 0 Å². The van der Waals surface area contributed by atoms with Gasteiger partial charge in [0.2, 0.25) is 0 Å². The Balaban J connectivity index is 1.76. The maximum absolute atomic E-state index is 13.3. The molecule has 1 aliphatic rings. The molecule has 3 rings (SSSR count). The number of esters is 1. The van der Waals surface area contributed by atoms with E-state index in [1.54, 1.807) is 6.92 Å². The molecule has 2 aromatic rings. The molecule has 0 saturated carbocycles. The molecule has 0 radical (unpaired) electrons. The van der Waals surface area contributed by atoms with E-state index in [-0.39, 0.29) is 34.4 Å². The summed E-state index contributed by atoms with van der Waals surface area (Å²) >= 11 is 5.78. The zero-order chi connectivity index (χ0) is 21.8. The average molecular weight is 430 g/mol. The highest BCUT2D eigenvalue weighted by molar-refractivity contribution is 6.31. The summed E-state index contributed by atoms with van der Waals surface area (Å²) in [7, 11) is 0. The lowest BCUT2D eigenvalue weighted by Gasteiger charge is -2.23. The van der Waals surface area contributed by atoms with Crippen LogP contribution < -0.4 is 5.32 Å². The van der Waals surface area contributed by atoms with Crippen molar-refractivity contribution >= 4 is 23.5 Å². The smallest absolute Gasteiger partial charge is 0.314 e. The van der Waals surface area contributed by atoms with Gasteiger partial charge < -0.3 is 10.1 Å². The van der Waals surface area contributed by atoms with E-state index in [1.807, 2.05) is 38.1 Å². The second kappa shape index (κ2) is 9.43. The van der Waals surface area contributed by atoms with E-state index < -0.39 is 11.7 Å². The van der Waals surface area contributed by atoms with Crippen LogP contribution in [0.3, 0.4) is 0 Å². The number of carbonyl (C=O) groups is 2. The molecule has 0 saturated heterocycles. The number of carbonyl (C=O) groups excluding carboxylic acids is 2. The van der Waals surface area contributed by atoms with E-state index in [1.165, 1.54) is 18.2 Å². The summed E-state index contributed by atoms with van der Waals surface area (Å²) in [6, 6.07) is 9.70. The molecule has 0 spiro atoms. The van der Waals surface area contributed by atoms with Gasteiger partial charge in [-0.25, -0.2) is 4.39 Å². The van der Waals surface area contributed by atoms with Crippen LogP contribution in [0.15, 0.2) is 48.6 Å². The standard InChI is InChI=1S/C24H25ClFNO3/c1-4-30-24(29)22(18-10-14(2)9-15(3)11-18)16-5-7-19(12-16)27-23(28)17-6-8-21(26)20(25)13-17/h5-11,13,16,19,22H,4,12H2,1-3H3,(H,27,28)/t16-,19+,22+/m1/s1. The van der Waals surface area contributed by atoms with Crippen LogP contribution in [-0.2, 0) is 9.53 Å².